The minimum absolute atomic E-state index is 0.0534. The number of rotatable bonds is 5. The molecular weight excluding hydrogens is 394 g/mol. The predicted molar refractivity (Wildman–Crippen MR) is 99.6 cm³/mol. The minimum Gasteiger partial charge on any atom is -0.368 e. The van der Waals surface area contributed by atoms with E-state index in [9.17, 15) is 17.6 Å². The highest BCUT2D eigenvalue weighted by atomic mass is 32.2. The lowest BCUT2D eigenvalue weighted by atomic mass is 10.1. The van der Waals surface area contributed by atoms with Crippen LogP contribution in [0.5, 0.6) is 0 Å². The highest BCUT2D eigenvalue weighted by Crippen LogP contribution is 2.33. The second-order valence-electron chi connectivity index (χ2n) is 5.86. The molecule has 0 aliphatic rings. The molecule has 0 amide bonds. The summed E-state index contributed by atoms with van der Waals surface area (Å²) < 4.78 is 55.1. The third kappa shape index (κ3) is 4.57. The fraction of sp³-hybridized carbons (Fsp3) is 0.167. The van der Waals surface area contributed by atoms with Gasteiger partial charge in [0.1, 0.15) is 17.6 Å². The highest BCUT2D eigenvalue weighted by molar-refractivity contribution is 7.97. The van der Waals surface area contributed by atoms with E-state index in [1.807, 2.05) is 0 Å². The minimum atomic E-state index is -4.36. The third-order valence-electron chi connectivity index (χ3n) is 3.82. The number of hydrogen-bond donors (Lipinski definition) is 2. The molecule has 3 aromatic rings. The van der Waals surface area contributed by atoms with Gasteiger partial charge in [-0.25, -0.2) is 19.1 Å². The normalized spacial score (nSPS) is 12.8. The van der Waals surface area contributed by atoms with Gasteiger partial charge < -0.3 is 5.73 Å². The van der Waals surface area contributed by atoms with Crippen molar-refractivity contribution in [2.45, 2.75) is 24.0 Å². The first-order valence-electron chi connectivity index (χ1n) is 8.07. The largest absolute Gasteiger partial charge is 0.404 e. The molecule has 0 bridgehead atoms. The second-order valence-corrected chi connectivity index (χ2v) is 6.74. The van der Waals surface area contributed by atoms with E-state index in [1.54, 1.807) is 24.3 Å². The molecule has 0 aliphatic heterocycles. The Morgan fingerprint density at radius 2 is 1.68 bits per heavy atom. The van der Waals surface area contributed by atoms with Crippen molar-refractivity contribution in [2.24, 2.45) is 0 Å². The molecule has 3 N–H and O–H groups in total. The van der Waals surface area contributed by atoms with Gasteiger partial charge in [0, 0.05) is 34.6 Å². The molecule has 0 saturated carbocycles. The average Bonchev–Trinajstić information content (AvgIpc) is 2.66. The molecule has 2 heterocycles. The number of aromatic nitrogens is 3. The number of alkyl halides is 3. The topological polar surface area (TPSA) is 76.7 Å². The number of halogens is 4. The summed E-state index contributed by atoms with van der Waals surface area (Å²) in [6.45, 7) is 1.03. The van der Waals surface area contributed by atoms with Gasteiger partial charge in [0.25, 0.3) is 0 Å². The van der Waals surface area contributed by atoms with Gasteiger partial charge in [-0.05, 0) is 36.6 Å². The fourth-order valence-electron chi connectivity index (χ4n) is 2.27. The lowest BCUT2D eigenvalue weighted by Crippen LogP contribution is -2.35. The first-order valence-corrected chi connectivity index (χ1v) is 8.89. The molecular formula is C18H15F4N5S. The van der Waals surface area contributed by atoms with E-state index in [0.717, 1.165) is 18.9 Å². The smallest absolute Gasteiger partial charge is 0.368 e. The molecule has 2 aromatic heterocycles. The molecule has 0 saturated heterocycles. The first-order chi connectivity index (χ1) is 13.3. The molecule has 1 aromatic carbocycles. The van der Waals surface area contributed by atoms with Crippen LogP contribution in [0.15, 0.2) is 53.8 Å². The Labute approximate surface area is 162 Å². The van der Waals surface area contributed by atoms with Crippen molar-refractivity contribution in [3.05, 3.63) is 54.7 Å². The van der Waals surface area contributed by atoms with E-state index >= 15 is 0 Å². The van der Waals surface area contributed by atoms with Gasteiger partial charge in [-0.1, -0.05) is 18.2 Å². The van der Waals surface area contributed by atoms with Crippen molar-refractivity contribution in [3.63, 3.8) is 0 Å². The van der Waals surface area contributed by atoms with Crippen molar-refractivity contribution < 1.29 is 17.6 Å². The molecule has 0 spiro atoms. The predicted octanol–water partition coefficient (Wildman–Crippen LogP) is 4.47. The van der Waals surface area contributed by atoms with Gasteiger partial charge in [0.2, 0.25) is 5.95 Å². The molecule has 1 unspecified atom stereocenters. The maximum Gasteiger partial charge on any atom is 0.404 e. The zero-order valence-corrected chi connectivity index (χ0v) is 15.4. The zero-order chi connectivity index (χ0) is 20.3. The van der Waals surface area contributed by atoms with Crippen molar-refractivity contribution in [2.75, 3.05) is 5.73 Å². The van der Waals surface area contributed by atoms with Gasteiger partial charge in [0.05, 0.1) is 0 Å². The molecule has 0 aliphatic carbocycles. The van der Waals surface area contributed by atoms with E-state index in [4.69, 9.17) is 5.73 Å². The van der Waals surface area contributed by atoms with Crippen molar-refractivity contribution in [1.82, 2.24) is 19.7 Å². The molecule has 28 heavy (non-hydrogen) atoms. The van der Waals surface area contributed by atoms with Crippen LogP contribution in [0, 0.1) is 5.82 Å². The number of anilines is 1. The number of nitrogens with zero attached hydrogens (tertiary/aromatic N) is 3. The van der Waals surface area contributed by atoms with Gasteiger partial charge >= 0.3 is 6.18 Å². The number of hydrogen-bond acceptors (Lipinski definition) is 6. The van der Waals surface area contributed by atoms with Gasteiger partial charge in [-0.3, -0.25) is 4.98 Å². The second kappa shape index (κ2) is 8.11. The highest BCUT2D eigenvalue weighted by Gasteiger charge is 2.35. The third-order valence-corrected chi connectivity index (χ3v) is 4.87. The van der Waals surface area contributed by atoms with Crippen LogP contribution >= 0.6 is 11.9 Å². The van der Waals surface area contributed by atoms with Crippen molar-refractivity contribution in [1.29, 1.82) is 0 Å². The van der Waals surface area contributed by atoms with Crippen LogP contribution < -0.4 is 10.5 Å². The van der Waals surface area contributed by atoms with Gasteiger partial charge in [-0.2, -0.15) is 13.2 Å². The summed E-state index contributed by atoms with van der Waals surface area (Å²) in [5.74, 6) is -0.547. The van der Waals surface area contributed by atoms with E-state index < -0.39 is 18.0 Å². The Kier molecular flexibility index (Phi) is 5.80. The number of benzene rings is 1. The van der Waals surface area contributed by atoms with E-state index in [-0.39, 0.29) is 11.6 Å². The molecule has 146 valence electrons. The summed E-state index contributed by atoms with van der Waals surface area (Å²) in [4.78, 5) is 12.3. The van der Waals surface area contributed by atoms with Crippen LogP contribution in [0.3, 0.4) is 0 Å². The molecule has 10 heteroatoms. The molecule has 3 rings (SSSR count). The van der Waals surface area contributed by atoms with Crippen LogP contribution in [-0.2, 0) is 0 Å². The Bertz CT molecular complexity index is 963. The maximum atomic E-state index is 14.6. The monoisotopic (exact) mass is 409 g/mol. The van der Waals surface area contributed by atoms with E-state index in [2.05, 4.69) is 19.7 Å². The Balaban J connectivity index is 1.88. The van der Waals surface area contributed by atoms with Crippen LogP contribution in [0.4, 0.5) is 23.5 Å². The van der Waals surface area contributed by atoms with Gasteiger partial charge in [-0.15, -0.1) is 0 Å². The van der Waals surface area contributed by atoms with Crippen LogP contribution in [-0.4, -0.2) is 27.2 Å². The Hall–Kier alpha value is -2.72. The van der Waals surface area contributed by atoms with Gasteiger partial charge in [0.15, 0.2) is 0 Å². The van der Waals surface area contributed by atoms with Crippen LogP contribution in [0.2, 0.25) is 0 Å². The molecule has 5 nitrogen and oxygen atoms in total. The number of nitrogens with two attached hydrogens (primary N) is 1. The summed E-state index contributed by atoms with van der Waals surface area (Å²) in [6.07, 6.45) is -0.195. The summed E-state index contributed by atoms with van der Waals surface area (Å²) >= 11 is 0.831. The zero-order valence-electron chi connectivity index (χ0n) is 14.5. The summed E-state index contributed by atoms with van der Waals surface area (Å²) in [7, 11) is 0. The summed E-state index contributed by atoms with van der Waals surface area (Å²) in [6, 6.07) is 6.31. The quantitative estimate of drug-likeness (QED) is 0.478. The Morgan fingerprint density at radius 3 is 2.32 bits per heavy atom. The van der Waals surface area contributed by atoms with E-state index in [0.29, 0.717) is 21.6 Å². The van der Waals surface area contributed by atoms with E-state index in [1.165, 1.54) is 24.7 Å². The average molecular weight is 409 g/mol. The lowest BCUT2D eigenvalue weighted by molar-refractivity contribution is -0.146. The number of nitrogen functional groups attached to an aromatic ring is 1. The number of nitrogens with one attached hydrogen (secondary N) is 1. The maximum absolute atomic E-state index is 14.6. The standard InChI is InChI=1S/C18H15F4N5S/c1-10(18(20,21)22)27-28-15-5-3-2-4-13(15)11-6-14(19)16(24-7-11)12-8-25-17(23)26-9-12/h2-10,27H,1H3,(H2,23,25,26). The first kappa shape index (κ1) is 20.0. The SMILES string of the molecule is CC(NSc1ccccc1-c1cnc(-c2cnc(N)nc2)c(F)c1)C(F)(F)F. The molecule has 0 fully saturated rings. The van der Waals surface area contributed by atoms with Crippen LogP contribution in [0.25, 0.3) is 22.4 Å². The number of pyridine rings is 1. The summed E-state index contributed by atoms with van der Waals surface area (Å²) in [5, 5.41) is 0. The lowest BCUT2D eigenvalue weighted by Gasteiger charge is -2.17. The Morgan fingerprint density at radius 1 is 1.04 bits per heavy atom. The molecule has 0 radical (unpaired) electrons. The van der Waals surface area contributed by atoms with Crippen molar-refractivity contribution in [3.8, 4) is 22.4 Å². The summed E-state index contributed by atoms with van der Waals surface area (Å²) in [5.41, 5.74) is 6.83. The molecule has 1 atom stereocenters. The van der Waals surface area contributed by atoms with Crippen LogP contribution in [0.1, 0.15) is 6.92 Å². The van der Waals surface area contributed by atoms with Crippen molar-refractivity contribution >= 4 is 17.9 Å². The fourth-order valence-corrected chi connectivity index (χ4v) is 3.15.